The van der Waals surface area contributed by atoms with Crippen LogP contribution in [0.25, 0.3) is 0 Å². The van der Waals surface area contributed by atoms with E-state index in [-0.39, 0.29) is 31.1 Å². The average Bonchev–Trinajstić information content (AvgIpc) is 3.38. The normalized spacial score (nSPS) is 12.7. The molecular formula is C66H114O6. The fraction of sp³-hybridized carbons (Fsp3) is 0.742. The minimum atomic E-state index is -0.780. The summed E-state index contributed by atoms with van der Waals surface area (Å²) in [6, 6.07) is 0. The molecule has 0 aliphatic rings. The van der Waals surface area contributed by atoms with Gasteiger partial charge in [0.1, 0.15) is 13.2 Å². The van der Waals surface area contributed by atoms with Crippen molar-refractivity contribution in [1.29, 1.82) is 0 Å². The van der Waals surface area contributed by atoms with Crippen LogP contribution in [0.15, 0.2) is 85.1 Å². The maximum atomic E-state index is 12.8. The molecule has 0 aliphatic heterocycles. The van der Waals surface area contributed by atoms with Crippen LogP contribution >= 0.6 is 0 Å². The van der Waals surface area contributed by atoms with E-state index in [1.165, 1.54) is 135 Å². The maximum absolute atomic E-state index is 12.8. The third-order valence-electron chi connectivity index (χ3n) is 13.1. The molecule has 0 saturated carbocycles. The van der Waals surface area contributed by atoms with E-state index in [9.17, 15) is 14.4 Å². The summed E-state index contributed by atoms with van der Waals surface area (Å²) in [5.74, 6) is -0.898. The van der Waals surface area contributed by atoms with Gasteiger partial charge in [-0.1, -0.05) is 273 Å². The molecule has 0 spiro atoms. The van der Waals surface area contributed by atoms with Crippen LogP contribution in [-0.2, 0) is 28.6 Å². The van der Waals surface area contributed by atoms with E-state index in [0.717, 1.165) is 122 Å². The quantitative estimate of drug-likeness (QED) is 0.0261. The largest absolute Gasteiger partial charge is 0.462 e. The fourth-order valence-corrected chi connectivity index (χ4v) is 8.63. The van der Waals surface area contributed by atoms with Crippen molar-refractivity contribution >= 4 is 17.9 Å². The van der Waals surface area contributed by atoms with Gasteiger partial charge in [-0.15, -0.1) is 0 Å². The Morgan fingerprint density at radius 1 is 0.292 bits per heavy atom. The molecule has 0 heterocycles. The summed E-state index contributed by atoms with van der Waals surface area (Å²) in [6.45, 7) is 6.36. The second kappa shape index (κ2) is 60.1. The molecule has 414 valence electrons. The van der Waals surface area contributed by atoms with E-state index in [1.54, 1.807) is 0 Å². The molecule has 6 nitrogen and oxygen atoms in total. The van der Waals surface area contributed by atoms with Crippen molar-refractivity contribution in [3.05, 3.63) is 85.1 Å². The molecule has 0 aromatic heterocycles. The highest BCUT2D eigenvalue weighted by atomic mass is 16.6. The fourth-order valence-electron chi connectivity index (χ4n) is 8.63. The second-order valence-corrected chi connectivity index (χ2v) is 20.2. The van der Waals surface area contributed by atoms with E-state index in [1.807, 2.05) is 0 Å². The smallest absolute Gasteiger partial charge is 0.306 e. The topological polar surface area (TPSA) is 78.9 Å². The van der Waals surface area contributed by atoms with Crippen molar-refractivity contribution in [1.82, 2.24) is 0 Å². The van der Waals surface area contributed by atoms with Gasteiger partial charge in [0.25, 0.3) is 0 Å². The van der Waals surface area contributed by atoms with Gasteiger partial charge < -0.3 is 14.2 Å². The Bertz CT molecular complexity index is 1380. The lowest BCUT2D eigenvalue weighted by Crippen LogP contribution is -2.30. The third kappa shape index (κ3) is 57.5. The van der Waals surface area contributed by atoms with Crippen molar-refractivity contribution in [3.63, 3.8) is 0 Å². The molecule has 1 atom stereocenters. The summed E-state index contributed by atoms with van der Waals surface area (Å²) >= 11 is 0. The Kier molecular flexibility index (Phi) is 57.3. The van der Waals surface area contributed by atoms with Crippen LogP contribution in [0, 0.1) is 0 Å². The summed E-state index contributed by atoms with van der Waals surface area (Å²) < 4.78 is 16.7. The molecule has 1 unspecified atom stereocenters. The highest BCUT2D eigenvalue weighted by Crippen LogP contribution is 2.17. The zero-order chi connectivity index (χ0) is 52.2. The van der Waals surface area contributed by atoms with Crippen LogP contribution in [0.3, 0.4) is 0 Å². The van der Waals surface area contributed by atoms with Crippen LogP contribution in [0.5, 0.6) is 0 Å². The van der Waals surface area contributed by atoms with Crippen LogP contribution in [-0.4, -0.2) is 37.2 Å². The standard InChI is InChI=1S/C66H114O6/c1-4-7-10-13-16-18-20-22-24-25-26-27-28-29-30-31-32-33-34-35-36-37-38-39-40-41-43-44-46-48-50-53-56-59-65(68)71-62-63(61-70-64(67)58-55-52-15-12-9-6-3)72-66(69)60-57-54-51-49-47-45-42-23-21-19-17-14-11-8-5-2/h7-8,10-11,16-19,22-24,26-27,42,63H,4-6,9,12-15,20-21,25,28-41,43-62H2,1-3H3/b10-7-,11-8-,18-16-,19-17-,24-22-,27-26-,42-23-. The van der Waals surface area contributed by atoms with Crippen molar-refractivity contribution in [2.24, 2.45) is 0 Å². The van der Waals surface area contributed by atoms with Gasteiger partial charge in [-0.25, -0.2) is 0 Å². The highest BCUT2D eigenvalue weighted by molar-refractivity contribution is 5.71. The molecule has 0 aromatic rings. The Labute approximate surface area is 445 Å². The molecule has 0 aliphatic carbocycles. The number of hydrogen-bond acceptors (Lipinski definition) is 6. The van der Waals surface area contributed by atoms with Gasteiger partial charge in [-0.05, 0) is 89.9 Å². The number of unbranched alkanes of at least 4 members (excludes halogenated alkanes) is 30. The summed E-state index contributed by atoms with van der Waals surface area (Å²) in [5.41, 5.74) is 0. The number of ether oxygens (including phenoxy) is 3. The Morgan fingerprint density at radius 3 is 0.847 bits per heavy atom. The van der Waals surface area contributed by atoms with E-state index in [2.05, 4.69) is 106 Å². The van der Waals surface area contributed by atoms with Gasteiger partial charge in [-0.3, -0.25) is 14.4 Å². The van der Waals surface area contributed by atoms with Crippen molar-refractivity contribution < 1.29 is 28.6 Å². The van der Waals surface area contributed by atoms with Gasteiger partial charge in [0.15, 0.2) is 6.10 Å². The molecule has 0 amide bonds. The lowest BCUT2D eigenvalue weighted by atomic mass is 10.0. The number of hydrogen-bond donors (Lipinski definition) is 0. The monoisotopic (exact) mass is 1000 g/mol. The molecular weight excluding hydrogens is 889 g/mol. The van der Waals surface area contributed by atoms with Gasteiger partial charge in [0.2, 0.25) is 0 Å². The third-order valence-corrected chi connectivity index (χ3v) is 13.1. The predicted molar refractivity (Wildman–Crippen MR) is 311 cm³/mol. The molecule has 6 heteroatoms. The Balaban J connectivity index is 3.96. The van der Waals surface area contributed by atoms with E-state index < -0.39 is 6.10 Å². The minimum Gasteiger partial charge on any atom is -0.462 e. The van der Waals surface area contributed by atoms with Crippen LogP contribution in [0.2, 0.25) is 0 Å². The first-order valence-electron chi connectivity index (χ1n) is 30.6. The average molecular weight is 1000 g/mol. The van der Waals surface area contributed by atoms with Crippen molar-refractivity contribution in [2.75, 3.05) is 13.2 Å². The van der Waals surface area contributed by atoms with Gasteiger partial charge in [-0.2, -0.15) is 0 Å². The lowest BCUT2D eigenvalue weighted by Gasteiger charge is -2.18. The number of esters is 3. The summed E-state index contributed by atoms with van der Waals surface area (Å²) in [5, 5.41) is 0. The summed E-state index contributed by atoms with van der Waals surface area (Å²) in [4.78, 5) is 37.9. The highest BCUT2D eigenvalue weighted by Gasteiger charge is 2.19. The first kappa shape index (κ1) is 68.6. The zero-order valence-electron chi connectivity index (χ0n) is 47.4. The molecule has 0 radical (unpaired) electrons. The first-order chi connectivity index (χ1) is 35.5. The van der Waals surface area contributed by atoms with Gasteiger partial charge in [0.05, 0.1) is 0 Å². The Hall–Kier alpha value is -3.41. The summed E-state index contributed by atoms with van der Waals surface area (Å²) in [6.07, 6.45) is 79.3. The zero-order valence-corrected chi connectivity index (χ0v) is 47.4. The first-order valence-corrected chi connectivity index (χ1v) is 30.6. The second-order valence-electron chi connectivity index (χ2n) is 20.2. The molecule has 0 fully saturated rings. The summed E-state index contributed by atoms with van der Waals surface area (Å²) in [7, 11) is 0. The molecule has 0 bridgehead atoms. The molecule has 0 saturated heterocycles. The van der Waals surface area contributed by atoms with Crippen molar-refractivity contribution in [2.45, 2.75) is 303 Å². The number of carbonyl (C=O) groups is 3. The number of carbonyl (C=O) groups excluding carboxylic acids is 3. The van der Waals surface area contributed by atoms with E-state index >= 15 is 0 Å². The van der Waals surface area contributed by atoms with Crippen LogP contribution in [0.4, 0.5) is 0 Å². The number of allylic oxidation sites excluding steroid dienone is 14. The number of rotatable bonds is 55. The molecule has 72 heavy (non-hydrogen) atoms. The van der Waals surface area contributed by atoms with E-state index in [0.29, 0.717) is 19.3 Å². The van der Waals surface area contributed by atoms with Gasteiger partial charge in [0, 0.05) is 19.3 Å². The van der Waals surface area contributed by atoms with Crippen LogP contribution < -0.4 is 0 Å². The van der Waals surface area contributed by atoms with Crippen molar-refractivity contribution in [3.8, 4) is 0 Å². The minimum absolute atomic E-state index is 0.0800. The maximum Gasteiger partial charge on any atom is 0.306 e. The lowest BCUT2D eigenvalue weighted by molar-refractivity contribution is -0.167. The SMILES string of the molecule is CC/C=C\C/C=C\C/C=C\C/C=C\CCCCCCCCCCCCCCCCCCCCCCC(=O)OCC(COC(=O)CCCCCCCC)OC(=O)CCCCCCC/C=C\C/C=C\C/C=C\CC. The molecule has 0 aromatic carbocycles. The molecule has 0 rings (SSSR count). The van der Waals surface area contributed by atoms with E-state index in [4.69, 9.17) is 14.2 Å². The molecule has 0 N–H and O–H groups in total. The predicted octanol–water partition coefficient (Wildman–Crippen LogP) is 20.7. The van der Waals surface area contributed by atoms with Gasteiger partial charge >= 0.3 is 17.9 Å². The van der Waals surface area contributed by atoms with Crippen LogP contribution in [0.1, 0.15) is 297 Å². The Morgan fingerprint density at radius 2 is 0.542 bits per heavy atom.